The van der Waals surface area contributed by atoms with Crippen LogP contribution in [0.15, 0.2) is 42.7 Å². The lowest BCUT2D eigenvalue weighted by atomic mass is 10.2. The van der Waals surface area contributed by atoms with Crippen molar-refractivity contribution in [3.8, 4) is 11.5 Å². The molecule has 100 valence electrons. The fraction of sp³-hybridized carbons (Fsp3) is 0.267. The number of rotatable bonds is 5. The van der Waals surface area contributed by atoms with Gasteiger partial charge in [-0.05, 0) is 18.2 Å². The van der Waals surface area contributed by atoms with Gasteiger partial charge in [0.15, 0.2) is 11.6 Å². The van der Waals surface area contributed by atoms with Crippen molar-refractivity contribution in [3.05, 3.63) is 54.1 Å². The number of nitrogens with one attached hydrogen (secondary N) is 1. The largest absolute Gasteiger partial charge is 0.452 e. The Labute approximate surface area is 112 Å². The molecule has 0 saturated carbocycles. The zero-order valence-corrected chi connectivity index (χ0v) is 11.1. The van der Waals surface area contributed by atoms with Gasteiger partial charge in [0.25, 0.3) is 0 Å². The fourth-order valence-corrected chi connectivity index (χ4v) is 1.65. The lowest BCUT2D eigenvalue weighted by Gasteiger charge is -2.14. The summed E-state index contributed by atoms with van der Waals surface area (Å²) in [6.45, 7) is 4.65. The second-order valence-electron chi connectivity index (χ2n) is 4.55. The number of benzene rings is 1. The molecule has 3 nitrogen and oxygen atoms in total. The molecule has 1 aromatic carbocycles. The molecular formula is C15H17FN2O. The average molecular weight is 260 g/mol. The van der Waals surface area contributed by atoms with Crippen molar-refractivity contribution in [2.45, 2.75) is 26.4 Å². The van der Waals surface area contributed by atoms with E-state index in [2.05, 4.69) is 10.3 Å². The molecule has 2 aromatic rings. The molecule has 19 heavy (non-hydrogen) atoms. The molecule has 0 unspecified atom stereocenters. The van der Waals surface area contributed by atoms with Gasteiger partial charge in [-0.25, -0.2) is 4.39 Å². The van der Waals surface area contributed by atoms with E-state index in [0.29, 0.717) is 18.3 Å². The van der Waals surface area contributed by atoms with Crippen LogP contribution in [0.5, 0.6) is 11.5 Å². The van der Waals surface area contributed by atoms with E-state index in [4.69, 9.17) is 4.74 Å². The fourth-order valence-electron chi connectivity index (χ4n) is 1.65. The van der Waals surface area contributed by atoms with Gasteiger partial charge in [0, 0.05) is 24.3 Å². The first kappa shape index (κ1) is 13.5. The van der Waals surface area contributed by atoms with E-state index < -0.39 is 0 Å². The van der Waals surface area contributed by atoms with Gasteiger partial charge in [-0.2, -0.15) is 0 Å². The minimum atomic E-state index is -0.369. The standard InChI is InChI=1S/C15H17FN2O/c1-11(2)18-9-12-5-3-7-14(16)15(12)19-13-6-4-8-17-10-13/h3-8,10-11,18H,9H2,1-2H3. The molecule has 0 spiro atoms. The average Bonchev–Trinajstić information content (AvgIpc) is 2.40. The first-order valence-corrected chi connectivity index (χ1v) is 6.25. The number of halogens is 1. The molecule has 0 aliphatic rings. The van der Waals surface area contributed by atoms with Crippen LogP contribution in [0.1, 0.15) is 19.4 Å². The Morgan fingerprint density at radius 3 is 2.79 bits per heavy atom. The zero-order chi connectivity index (χ0) is 13.7. The first-order valence-electron chi connectivity index (χ1n) is 6.25. The van der Waals surface area contributed by atoms with Crippen molar-refractivity contribution in [2.75, 3.05) is 0 Å². The first-order chi connectivity index (χ1) is 9.16. The molecule has 4 heteroatoms. The molecule has 0 aliphatic carbocycles. The Balaban J connectivity index is 2.22. The van der Waals surface area contributed by atoms with Crippen LogP contribution in [0.25, 0.3) is 0 Å². The molecule has 0 atom stereocenters. The van der Waals surface area contributed by atoms with E-state index in [0.717, 1.165) is 5.56 Å². The Morgan fingerprint density at radius 1 is 1.26 bits per heavy atom. The van der Waals surface area contributed by atoms with Crippen LogP contribution in [0.4, 0.5) is 4.39 Å². The van der Waals surface area contributed by atoms with Gasteiger partial charge >= 0.3 is 0 Å². The van der Waals surface area contributed by atoms with Gasteiger partial charge in [-0.1, -0.05) is 26.0 Å². The molecule has 1 aromatic heterocycles. The van der Waals surface area contributed by atoms with Gasteiger partial charge in [0.1, 0.15) is 5.75 Å². The van der Waals surface area contributed by atoms with Crippen LogP contribution in [-0.4, -0.2) is 11.0 Å². The number of para-hydroxylation sites is 1. The van der Waals surface area contributed by atoms with Crippen molar-refractivity contribution in [3.63, 3.8) is 0 Å². The number of ether oxygens (including phenoxy) is 1. The lowest BCUT2D eigenvalue weighted by molar-refractivity contribution is 0.430. The highest BCUT2D eigenvalue weighted by atomic mass is 19.1. The highest BCUT2D eigenvalue weighted by Gasteiger charge is 2.11. The van der Waals surface area contributed by atoms with Gasteiger partial charge in [0.2, 0.25) is 0 Å². The third-order valence-electron chi connectivity index (χ3n) is 2.60. The van der Waals surface area contributed by atoms with E-state index in [9.17, 15) is 4.39 Å². The number of hydrogen-bond donors (Lipinski definition) is 1. The molecule has 1 heterocycles. The van der Waals surface area contributed by atoms with Crippen LogP contribution in [0.3, 0.4) is 0 Å². The predicted molar refractivity (Wildman–Crippen MR) is 72.7 cm³/mol. The Morgan fingerprint density at radius 2 is 2.11 bits per heavy atom. The number of nitrogens with zero attached hydrogens (tertiary/aromatic N) is 1. The van der Waals surface area contributed by atoms with Crippen LogP contribution >= 0.6 is 0 Å². The van der Waals surface area contributed by atoms with Crippen molar-refractivity contribution < 1.29 is 9.13 Å². The molecule has 0 fully saturated rings. The van der Waals surface area contributed by atoms with Gasteiger partial charge in [-0.3, -0.25) is 4.98 Å². The minimum absolute atomic E-state index is 0.253. The maximum absolute atomic E-state index is 13.9. The summed E-state index contributed by atoms with van der Waals surface area (Å²) in [6.07, 6.45) is 3.21. The monoisotopic (exact) mass is 260 g/mol. The third kappa shape index (κ3) is 3.76. The van der Waals surface area contributed by atoms with E-state index in [1.54, 1.807) is 30.6 Å². The number of pyridine rings is 1. The maximum Gasteiger partial charge on any atom is 0.167 e. The Hall–Kier alpha value is -1.94. The topological polar surface area (TPSA) is 34.1 Å². The molecule has 0 aliphatic heterocycles. The molecule has 0 radical (unpaired) electrons. The summed E-state index contributed by atoms with van der Waals surface area (Å²) in [4.78, 5) is 3.95. The van der Waals surface area contributed by atoms with Crippen molar-refractivity contribution >= 4 is 0 Å². The van der Waals surface area contributed by atoms with E-state index in [1.165, 1.54) is 6.07 Å². The Kier molecular flexibility index (Phi) is 4.47. The summed E-state index contributed by atoms with van der Waals surface area (Å²) in [6, 6.07) is 8.76. The molecule has 0 saturated heterocycles. The summed E-state index contributed by atoms with van der Waals surface area (Å²) in [5, 5.41) is 3.25. The molecule has 1 N–H and O–H groups in total. The van der Waals surface area contributed by atoms with Gasteiger partial charge in [-0.15, -0.1) is 0 Å². The predicted octanol–water partition coefficient (Wildman–Crippen LogP) is 3.51. The summed E-state index contributed by atoms with van der Waals surface area (Å²) >= 11 is 0. The van der Waals surface area contributed by atoms with Crippen molar-refractivity contribution in [1.29, 1.82) is 0 Å². The summed E-state index contributed by atoms with van der Waals surface area (Å²) in [7, 11) is 0. The highest BCUT2D eigenvalue weighted by molar-refractivity contribution is 5.38. The second kappa shape index (κ2) is 6.29. The number of hydrogen-bond acceptors (Lipinski definition) is 3. The molecule has 0 amide bonds. The Bertz CT molecular complexity index is 529. The van der Waals surface area contributed by atoms with Crippen LogP contribution in [-0.2, 0) is 6.54 Å². The summed E-state index contributed by atoms with van der Waals surface area (Å²) in [5.74, 6) is 0.411. The summed E-state index contributed by atoms with van der Waals surface area (Å²) < 4.78 is 19.5. The van der Waals surface area contributed by atoms with Crippen LogP contribution in [0, 0.1) is 5.82 Å². The van der Waals surface area contributed by atoms with Crippen molar-refractivity contribution in [2.24, 2.45) is 0 Å². The maximum atomic E-state index is 13.9. The van der Waals surface area contributed by atoms with E-state index in [-0.39, 0.29) is 11.6 Å². The van der Waals surface area contributed by atoms with Crippen LogP contribution in [0.2, 0.25) is 0 Å². The highest BCUT2D eigenvalue weighted by Crippen LogP contribution is 2.27. The minimum Gasteiger partial charge on any atom is -0.452 e. The zero-order valence-electron chi connectivity index (χ0n) is 11.1. The molecule has 0 bridgehead atoms. The second-order valence-corrected chi connectivity index (χ2v) is 4.55. The normalized spacial score (nSPS) is 10.7. The third-order valence-corrected chi connectivity index (χ3v) is 2.60. The van der Waals surface area contributed by atoms with Crippen molar-refractivity contribution in [1.82, 2.24) is 10.3 Å². The quantitative estimate of drug-likeness (QED) is 0.893. The summed E-state index contributed by atoms with van der Waals surface area (Å²) in [5.41, 5.74) is 0.789. The molecule has 2 rings (SSSR count). The molecular weight excluding hydrogens is 243 g/mol. The smallest absolute Gasteiger partial charge is 0.167 e. The van der Waals surface area contributed by atoms with Crippen LogP contribution < -0.4 is 10.1 Å². The van der Waals surface area contributed by atoms with Gasteiger partial charge < -0.3 is 10.1 Å². The van der Waals surface area contributed by atoms with Gasteiger partial charge in [0.05, 0.1) is 6.20 Å². The lowest BCUT2D eigenvalue weighted by Crippen LogP contribution is -2.22. The van der Waals surface area contributed by atoms with E-state index >= 15 is 0 Å². The SMILES string of the molecule is CC(C)NCc1cccc(F)c1Oc1cccnc1. The number of aromatic nitrogens is 1. The van der Waals surface area contributed by atoms with E-state index in [1.807, 2.05) is 19.9 Å².